The molecule has 0 bridgehead atoms. The Balaban J connectivity index is 1.87. The van der Waals surface area contributed by atoms with Gasteiger partial charge in [-0.2, -0.15) is 0 Å². The first-order valence-corrected chi connectivity index (χ1v) is 6.35. The van der Waals surface area contributed by atoms with Gasteiger partial charge in [0, 0.05) is 29.1 Å². The van der Waals surface area contributed by atoms with Crippen molar-refractivity contribution in [3.63, 3.8) is 0 Å². The third-order valence-electron chi connectivity index (χ3n) is 2.31. The molecule has 0 aliphatic heterocycles. The fourth-order valence-electron chi connectivity index (χ4n) is 1.47. The molecule has 3 nitrogen and oxygen atoms in total. The molecule has 1 aromatic carbocycles. The van der Waals surface area contributed by atoms with Crippen molar-refractivity contribution < 1.29 is 13.9 Å². The predicted octanol–water partition coefficient (Wildman–Crippen LogP) is 2.31. The first-order valence-electron chi connectivity index (χ1n) is 5.37. The number of imidazole rings is 1. The molecule has 1 heterocycles. The molecule has 6 heteroatoms. The number of rotatable bonds is 5. The fourth-order valence-corrected chi connectivity index (χ4v) is 2.31. The van der Waals surface area contributed by atoms with Crippen molar-refractivity contribution in [1.82, 2.24) is 9.55 Å². The minimum Gasteiger partial charge on any atom is -0.390 e. The van der Waals surface area contributed by atoms with Crippen LogP contribution in [0.3, 0.4) is 0 Å². The maximum atomic E-state index is 13.3. The zero-order valence-corrected chi connectivity index (χ0v) is 10.3. The molecule has 0 saturated heterocycles. The van der Waals surface area contributed by atoms with Gasteiger partial charge in [0.1, 0.15) is 11.6 Å². The van der Waals surface area contributed by atoms with Crippen LogP contribution in [-0.2, 0) is 6.54 Å². The van der Waals surface area contributed by atoms with E-state index < -0.39 is 17.7 Å². The van der Waals surface area contributed by atoms with Gasteiger partial charge in [-0.25, -0.2) is 13.8 Å². The van der Waals surface area contributed by atoms with Crippen LogP contribution in [0.25, 0.3) is 0 Å². The maximum absolute atomic E-state index is 13.3. The highest BCUT2D eigenvalue weighted by molar-refractivity contribution is 7.99. The Labute approximate surface area is 107 Å². The molecule has 0 radical (unpaired) electrons. The van der Waals surface area contributed by atoms with Gasteiger partial charge in [-0.3, -0.25) is 0 Å². The highest BCUT2D eigenvalue weighted by Crippen LogP contribution is 2.23. The van der Waals surface area contributed by atoms with E-state index in [0.29, 0.717) is 17.2 Å². The molecular formula is C12H12F2N2OS. The Morgan fingerprint density at radius 3 is 2.89 bits per heavy atom. The molecule has 1 N–H and O–H groups in total. The average Bonchev–Trinajstić information content (AvgIpc) is 2.80. The molecule has 18 heavy (non-hydrogen) atoms. The number of hydrogen-bond acceptors (Lipinski definition) is 3. The summed E-state index contributed by atoms with van der Waals surface area (Å²) in [7, 11) is 0. The van der Waals surface area contributed by atoms with Crippen molar-refractivity contribution in [1.29, 1.82) is 0 Å². The van der Waals surface area contributed by atoms with E-state index in [1.54, 1.807) is 23.3 Å². The number of benzene rings is 1. The first kappa shape index (κ1) is 13.0. The monoisotopic (exact) mass is 270 g/mol. The summed E-state index contributed by atoms with van der Waals surface area (Å²) in [5.74, 6) is -0.869. The minimum absolute atomic E-state index is 0.334. The maximum Gasteiger partial charge on any atom is 0.139 e. The lowest BCUT2D eigenvalue weighted by Crippen LogP contribution is -2.17. The molecule has 1 aromatic heterocycles. The van der Waals surface area contributed by atoms with E-state index in [-0.39, 0.29) is 0 Å². The molecule has 0 spiro atoms. The molecule has 0 amide bonds. The Morgan fingerprint density at radius 1 is 1.39 bits per heavy atom. The summed E-state index contributed by atoms with van der Waals surface area (Å²) in [6.45, 7) is 0.399. The van der Waals surface area contributed by atoms with E-state index in [0.717, 1.165) is 17.8 Å². The molecule has 96 valence electrons. The lowest BCUT2D eigenvalue weighted by molar-refractivity contribution is 0.178. The largest absolute Gasteiger partial charge is 0.390 e. The molecule has 2 aromatic rings. The SMILES string of the molecule is OC(CSc1ccc(F)cc1F)Cn1ccnc1. The second-order valence-electron chi connectivity index (χ2n) is 3.80. The number of halogens is 2. The molecule has 1 unspecified atom stereocenters. The number of nitrogens with zero attached hydrogens (tertiary/aromatic N) is 2. The summed E-state index contributed by atoms with van der Waals surface area (Å²) < 4.78 is 27.8. The molecule has 2 rings (SSSR count). The van der Waals surface area contributed by atoms with Gasteiger partial charge in [-0.15, -0.1) is 11.8 Å². The smallest absolute Gasteiger partial charge is 0.139 e. The molecule has 0 aliphatic carbocycles. The van der Waals surface area contributed by atoms with E-state index >= 15 is 0 Å². The standard InChI is InChI=1S/C12H12F2N2OS/c13-9-1-2-12(11(14)5-9)18-7-10(17)6-16-4-3-15-8-16/h1-5,8,10,17H,6-7H2. The van der Waals surface area contributed by atoms with Crippen LogP contribution in [0.2, 0.25) is 0 Å². The second kappa shape index (κ2) is 5.97. The first-order chi connectivity index (χ1) is 8.65. The number of aliphatic hydroxyl groups excluding tert-OH is 1. The van der Waals surface area contributed by atoms with Crippen LogP contribution in [0, 0.1) is 11.6 Å². The Bertz CT molecular complexity index is 505. The summed E-state index contributed by atoms with van der Waals surface area (Å²) in [6, 6.07) is 3.41. The number of thioether (sulfide) groups is 1. The Hall–Kier alpha value is -1.40. The molecule has 0 aliphatic rings. The highest BCUT2D eigenvalue weighted by Gasteiger charge is 2.09. The zero-order chi connectivity index (χ0) is 13.0. The number of aliphatic hydroxyl groups is 1. The van der Waals surface area contributed by atoms with Crippen LogP contribution in [0.4, 0.5) is 8.78 Å². The summed E-state index contributed by atoms with van der Waals surface area (Å²) in [4.78, 5) is 4.20. The van der Waals surface area contributed by atoms with E-state index in [1.165, 1.54) is 12.1 Å². The van der Waals surface area contributed by atoms with E-state index in [2.05, 4.69) is 4.98 Å². The molecule has 0 fully saturated rings. The summed E-state index contributed by atoms with van der Waals surface area (Å²) in [5, 5.41) is 9.76. The van der Waals surface area contributed by atoms with Crippen LogP contribution < -0.4 is 0 Å². The highest BCUT2D eigenvalue weighted by atomic mass is 32.2. The Kier molecular flexibility index (Phi) is 4.33. The van der Waals surface area contributed by atoms with Gasteiger partial charge >= 0.3 is 0 Å². The van der Waals surface area contributed by atoms with Crippen molar-refractivity contribution in [2.75, 3.05) is 5.75 Å². The summed E-state index contributed by atoms with van der Waals surface area (Å²) >= 11 is 1.16. The van der Waals surface area contributed by atoms with Gasteiger partial charge in [0.05, 0.1) is 19.0 Å². The van der Waals surface area contributed by atoms with Crippen LogP contribution in [0.5, 0.6) is 0 Å². The molecular weight excluding hydrogens is 258 g/mol. The topological polar surface area (TPSA) is 38.0 Å². The van der Waals surface area contributed by atoms with Gasteiger partial charge < -0.3 is 9.67 Å². The predicted molar refractivity (Wildman–Crippen MR) is 65.3 cm³/mol. The lowest BCUT2D eigenvalue weighted by Gasteiger charge is -2.11. The number of hydrogen-bond donors (Lipinski definition) is 1. The van der Waals surface area contributed by atoms with Crippen molar-refractivity contribution in [3.8, 4) is 0 Å². The Morgan fingerprint density at radius 2 is 2.22 bits per heavy atom. The quantitative estimate of drug-likeness (QED) is 0.847. The lowest BCUT2D eigenvalue weighted by atomic mass is 10.3. The van der Waals surface area contributed by atoms with Gasteiger partial charge in [0.25, 0.3) is 0 Å². The van der Waals surface area contributed by atoms with Crippen LogP contribution >= 0.6 is 11.8 Å². The van der Waals surface area contributed by atoms with E-state index in [1.807, 2.05) is 0 Å². The minimum atomic E-state index is -0.617. The normalized spacial score (nSPS) is 12.6. The van der Waals surface area contributed by atoms with Crippen molar-refractivity contribution >= 4 is 11.8 Å². The van der Waals surface area contributed by atoms with Gasteiger partial charge in [-0.1, -0.05) is 0 Å². The second-order valence-corrected chi connectivity index (χ2v) is 4.86. The molecule has 1 atom stereocenters. The van der Waals surface area contributed by atoms with E-state index in [9.17, 15) is 13.9 Å². The fraction of sp³-hybridized carbons (Fsp3) is 0.250. The van der Waals surface area contributed by atoms with Crippen molar-refractivity contribution in [2.45, 2.75) is 17.5 Å². The van der Waals surface area contributed by atoms with Crippen molar-refractivity contribution in [3.05, 3.63) is 48.6 Å². The third-order valence-corrected chi connectivity index (χ3v) is 3.50. The zero-order valence-electron chi connectivity index (χ0n) is 9.46. The van der Waals surface area contributed by atoms with Gasteiger partial charge in [-0.05, 0) is 12.1 Å². The van der Waals surface area contributed by atoms with Crippen LogP contribution in [0.1, 0.15) is 0 Å². The van der Waals surface area contributed by atoms with Crippen molar-refractivity contribution in [2.24, 2.45) is 0 Å². The van der Waals surface area contributed by atoms with Gasteiger partial charge in [0.2, 0.25) is 0 Å². The number of aromatic nitrogens is 2. The summed E-state index contributed by atoms with van der Waals surface area (Å²) in [6.07, 6.45) is 4.35. The average molecular weight is 270 g/mol. The van der Waals surface area contributed by atoms with Crippen LogP contribution in [0.15, 0.2) is 41.8 Å². The van der Waals surface area contributed by atoms with Crippen LogP contribution in [-0.4, -0.2) is 26.5 Å². The van der Waals surface area contributed by atoms with Gasteiger partial charge in [0.15, 0.2) is 0 Å². The summed E-state index contributed by atoms with van der Waals surface area (Å²) in [5.41, 5.74) is 0. The molecule has 0 saturated carbocycles. The van der Waals surface area contributed by atoms with E-state index in [4.69, 9.17) is 0 Å². The third kappa shape index (κ3) is 3.54.